The van der Waals surface area contributed by atoms with Crippen LogP contribution in [0, 0.1) is 5.92 Å². The lowest BCUT2D eigenvalue weighted by Gasteiger charge is -2.41. The fourth-order valence-electron chi connectivity index (χ4n) is 4.02. The van der Waals surface area contributed by atoms with Crippen LogP contribution in [0.4, 0.5) is 0 Å². The number of aromatic nitrogens is 1. The van der Waals surface area contributed by atoms with Crippen LogP contribution in [0.3, 0.4) is 0 Å². The first kappa shape index (κ1) is 19.5. The third-order valence-electron chi connectivity index (χ3n) is 5.18. The molecule has 0 radical (unpaired) electrons. The standard InChI is InChI=1S/C18H25N3O.2ClH/c1-2-16(13-17-14(1)3-6-20-17)18(15-4-11-22-12-5-15)21-9-7-19-8-10-21;;/h1-3,6,13,15,18-20H,4-5,7-12H2;2*1H/t18-;;/m0../s1. The molecule has 0 spiro atoms. The molecule has 0 unspecified atom stereocenters. The van der Waals surface area contributed by atoms with Gasteiger partial charge in [-0.3, -0.25) is 4.90 Å². The van der Waals surface area contributed by atoms with Crippen molar-refractivity contribution in [3.8, 4) is 0 Å². The molecule has 2 N–H and O–H groups in total. The zero-order valence-electron chi connectivity index (χ0n) is 13.9. The van der Waals surface area contributed by atoms with E-state index in [1.165, 1.54) is 29.3 Å². The maximum absolute atomic E-state index is 5.59. The Morgan fingerprint density at radius 3 is 2.54 bits per heavy atom. The minimum absolute atomic E-state index is 0. The molecule has 2 aliphatic rings. The summed E-state index contributed by atoms with van der Waals surface area (Å²) in [5, 5.41) is 4.78. The van der Waals surface area contributed by atoms with Crippen LogP contribution in [-0.4, -0.2) is 49.3 Å². The number of fused-ring (bicyclic) bond motifs is 1. The van der Waals surface area contributed by atoms with Crippen LogP contribution >= 0.6 is 24.8 Å². The highest BCUT2D eigenvalue weighted by molar-refractivity contribution is 5.85. The summed E-state index contributed by atoms with van der Waals surface area (Å²) in [4.78, 5) is 6.04. The molecule has 2 aromatic rings. The van der Waals surface area contributed by atoms with Crippen LogP contribution in [-0.2, 0) is 4.74 Å². The first-order valence-electron chi connectivity index (χ1n) is 8.51. The molecule has 1 aromatic carbocycles. The van der Waals surface area contributed by atoms with Crippen molar-refractivity contribution in [2.24, 2.45) is 5.92 Å². The van der Waals surface area contributed by atoms with Crippen molar-refractivity contribution in [2.45, 2.75) is 18.9 Å². The molecule has 1 aromatic heterocycles. The number of aromatic amines is 1. The van der Waals surface area contributed by atoms with Gasteiger partial charge in [0.1, 0.15) is 0 Å². The number of rotatable bonds is 3. The number of halogens is 2. The van der Waals surface area contributed by atoms with E-state index in [1.54, 1.807) is 0 Å². The molecule has 24 heavy (non-hydrogen) atoms. The average Bonchev–Trinajstić information content (AvgIpc) is 3.05. The van der Waals surface area contributed by atoms with Crippen molar-refractivity contribution >= 4 is 35.7 Å². The van der Waals surface area contributed by atoms with Gasteiger partial charge in [-0.2, -0.15) is 0 Å². The van der Waals surface area contributed by atoms with Crippen LogP contribution in [0.5, 0.6) is 0 Å². The van der Waals surface area contributed by atoms with Crippen molar-refractivity contribution < 1.29 is 4.74 Å². The van der Waals surface area contributed by atoms with Gasteiger partial charge in [0.15, 0.2) is 0 Å². The number of H-pyrrole nitrogens is 1. The van der Waals surface area contributed by atoms with Crippen LogP contribution in [0.25, 0.3) is 10.9 Å². The minimum atomic E-state index is 0. The Balaban J connectivity index is 0.00000104. The molecule has 0 aliphatic carbocycles. The highest BCUT2D eigenvalue weighted by Crippen LogP contribution is 2.36. The van der Waals surface area contributed by atoms with Crippen molar-refractivity contribution in [3.63, 3.8) is 0 Å². The predicted molar refractivity (Wildman–Crippen MR) is 104 cm³/mol. The third-order valence-corrected chi connectivity index (χ3v) is 5.18. The van der Waals surface area contributed by atoms with Crippen molar-refractivity contribution in [3.05, 3.63) is 36.0 Å². The second kappa shape index (κ2) is 9.07. The van der Waals surface area contributed by atoms with Gasteiger partial charge in [-0.1, -0.05) is 12.1 Å². The second-order valence-corrected chi connectivity index (χ2v) is 6.50. The zero-order valence-corrected chi connectivity index (χ0v) is 15.5. The molecule has 0 saturated carbocycles. The Labute approximate surface area is 156 Å². The van der Waals surface area contributed by atoms with Crippen LogP contribution in [0.2, 0.25) is 0 Å². The number of nitrogens with zero attached hydrogens (tertiary/aromatic N) is 1. The maximum Gasteiger partial charge on any atom is 0.0469 e. The van der Waals surface area contributed by atoms with E-state index in [0.717, 1.165) is 39.4 Å². The fraction of sp³-hybridized carbons (Fsp3) is 0.556. The molecular weight excluding hydrogens is 345 g/mol. The van der Waals surface area contributed by atoms with E-state index in [0.29, 0.717) is 12.0 Å². The summed E-state index contributed by atoms with van der Waals surface area (Å²) in [7, 11) is 0. The summed E-state index contributed by atoms with van der Waals surface area (Å²) in [6, 6.07) is 9.62. The minimum Gasteiger partial charge on any atom is -0.381 e. The van der Waals surface area contributed by atoms with Gasteiger partial charge in [0.2, 0.25) is 0 Å². The van der Waals surface area contributed by atoms with Gasteiger partial charge >= 0.3 is 0 Å². The van der Waals surface area contributed by atoms with E-state index in [1.807, 2.05) is 6.20 Å². The molecule has 3 heterocycles. The summed E-state index contributed by atoms with van der Waals surface area (Å²) >= 11 is 0. The summed E-state index contributed by atoms with van der Waals surface area (Å²) in [6.45, 7) is 6.32. The van der Waals surface area contributed by atoms with E-state index < -0.39 is 0 Å². The lowest BCUT2D eigenvalue weighted by Crippen LogP contribution is -2.47. The Kier molecular flexibility index (Phi) is 7.38. The SMILES string of the molecule is Cl.Cl.c1cc2ccc([C@H](C3CCOCC3)N3CCNCC3)cc2[nH]1. The average molecular weight is 372 g/mol. The molecule has 0 bridgehead atoms. The van der Waals surface area contributed by atoms with Crippen LogP contribution in [0.15, 0.2) is 30.5 Å². The predicted octanol–water partition coefficient (Wildman–Crippen LogP) is 3.38. The van der Waals surface area contributed by atoms with E-state index in [9.17, 15) is 0 Å². The van der Waals surface area contributed by atoms with Crippen molar-refractivity contribution in [2.75, 3.05) is 39.4 Å². The molecule has 0 amide bonds. The smallest absolute Gasteiger partial charge is 0.0469 e. The zero-order chi connectivity index (χ0) is 14.8. The van der Waals surface area contributed by atoms with E-state index in [-0.39, 0.29) is 24.8 Å². The number of piperazine rings is 1. The number of nitrogens with one attached hydrogen (secondary N) is 2. The first-order valence-corrected chi connectivity index (χ1v) is 8.51. The van der Waals surface area contributed by atoms with Gasteiger partial charge < -0.3 is 15.0 Å². The molecular formula is C18H27Cl2N3O. The summed E-state index contributed by atoms with van der Waals surface area (Å²) < 4.78 is 5.59. The lowest BCUT2D eigenvalue weighted by molar-refractivity contribution is 0.0213. The lowest BCUT2D eigenvalue weighted by atomic mass is 9.85. The van der Waals surface area contributed by atoms with Gasteiger partial charge in [0.25, 0.3) is 0 Å². The highest BCUT2D eigenvalue weighted by Gasteiger charge is 2.31. The largest absolute Gasteiger partial charge is 0.381 e. The number of benzene rings is 1. The molecule has 4 rings (SSSR count). The number of ether oxygens (including phenoxy) is 1. The quantitative estimate of drug-likeness (QED) is 0.868. The van der Waals surface area contributed by atoms with E-state index >= 15 is 0 Å². The molecule has 2 aliphatic heterocycles. The van der Waals surface area contributed by atoms with E-state index in [2.05, 4.69) is 39.5 Å². The first-order chi connectivity index (χ1) is 10.9. The highest BCUT2D eigenvalue weighted by atomic mass is 35.5. The summed E-state index contributed by atoms with van der Waals surface area (Å²) in [5.41, 5.74) is 2.72. The molecule has 6 heteroatoms. The Hall–Kier alpha value is -0.780. The summed E-state index contributed by atoms with van der Waals surface area (Å²) in [6.07, 6.45) is 4.39. The molecule has 1 atom stereocenters. The van der Waals surface area contributed by atoms with Crippen LogP contribution in [0.1, 0.15) is 24.4 Å². The Bertz CT molecular complexity index is 604. The van der Waals surface area contributed by atoms with Crippen molar-refractivity contribution in [1.29, 1.82) is 0 Å². The van der Waals surface area contributed by atoms with Crippen LogP contribution < -0.4 is 5.32 Å². The topological polar surface area (TPSA) is 40.3 Å². The Morgan fingerprint density at radius 1 is 1.04 bits per heavy atom. The third kappa shape index (κ3) is 4.06. The van der Waals surface area contributed by atoms with E-state index in [4.69, 9.17) is 4.74 Å². The Morgan fingerprint density at radius 2 is 1.79 bits per heavy atom. The van der Waals surface area contributed by atoms with Gasteiger partial charge in [-0.25, -0.2) is 0 Å². The molecule has 134 valence electrons. The normalized spacial score (nSPS) is 21.0. The molecule has 2 fully saturated rings. The van der Waals surface area contributed by atoms with Gasteiger partial charge in [0.05, 0.1) is 0 Å². The van der Waals surface area contributed by atoms with Gasteiger partial charge in [0, 0.05) is 57.1 Å². The second-order valence-electron chi connectivity index (χ2n) is 6.50. The molecule has 2 saturated heterocycles. The summed E-state index contributed by atoms with van der Waals surface area (Å²) in [5.74, 6) is 0.708. The number of hydrogen-bond acceptors (Lipinski definition) is 3. The van der Waals surface area contributed by atoms with Crippen molar-refractivity contribution in [1.82, 2.24) is 15.2 Å². The number of hydrogen-bond donors (Lipinski definition) is 2. The molecule has 4 nitrogen and oxygen atoms in total. The maximum atomic E-state index is 5.59. The monoisotopic (exact) mass is 371 g/mol. The van der Waals surface area contributed by atoms with Gasteiger partial charge in [-0.15, -0.1) is 24.8 Å². The van der Waals surface area contributed by atoms with Gasteiger partial charge in [-0.05, 0) is 41.8 Å². The fourth-order valence-corrected chi connectivity index (χ4v) is 4.02.